The first-order valence-corrected chi connectivity index (χ1v) is 5.47. The standard InChI is InChI=1S/C14H18O2/c1-5-11(3)9-12-7-8-13(16-6-2)14(10-12)15-4/h1,7-8,10-11H,6,9H2,2-4H3. The van der Waals surface area contributed by atoms with Crippen molar-refractivity contribution < 1.29 is 9.47 Å². The highest BCUT2D eigenvalue weighted by atomic mass is 16.5. The molecule has 1 atom stereocenters. The second-order valence-corrected chi connectivity index (χ2v) is 3.69. The summed E-state index contributed by atoms with van der Waals surface area (Å²) in [5.41, 5.74) is 1.17. The van der Waals surface area contributed by atoms with Crippen LogP contribution in [0, 0.1) is 18.3 Å². The number of terminal acetylenes is 1. The van der Waals surface area contributed by atoms with Gasteiger partial charge in [0, 0.05) is 5.92 Å². The first-order valence-electron chi connectivity index (χ1n) is 5.47. The Morgan fingerprint density at radius 1 is 1.38 bits per heavy atom. The summed E-state index contributed by atoms with van der Waals surface area (Å²) in [7, 11) is 1.65. The molecule has 86 valence electrons. The molecule has 0 spiro atoms. The number of rotatable bonds is 5. The van der Waals surface area contributed by atoms with E-state index in [2.05, 4.69) is 5.92 Å². The largest absolute Gasteiger partial charge is 0.493 e. The van der Waals surface area contributed by atoms with Gasteiger partial charge in [0.1, 0.15) is 0 Å². The quantitative estimate of drug-likeness (QED) is 0.707. The highest BCUT2D eigenvalue weighted by Gasteiger charge is 2.06. The fourth-order valence-electron chi connectivity index (χ4n) is 1.53. The van der Waals surface area contributed by atoms with E-state index in [0.717, 1.165) is 17.9 Å². The van der Waals surface area contributed by atoms with Crippen LogP contribution in [0.2, 0.25) is 0 Å². The van der Waals surface area contributed by atoms with Crippen molar-refractivity contribution in [1.29, 1.82) is 0 Å². The molecule has 2 nitrogen and oxygen atoms in total. The van der Waals surface area contributed by atoms with Gasteiger partial charge in [0.2, 0.25) is 0 Å². The van der Waals surface area contributed by atoms with Crippen molar-refractivity contribution in [3.05, 3.63) is 23.8 Å². The van der Waals surface area contributed by atoms with E-state index in [-0.39, 0.29) is 5.92 Å². The predicted octanol–water partition coefficient (Wildman–Crippen LogP) is 2.91. The molecule has 0 saturated heterocycles. The maximum atomic E-state index is 5.45. The molecule has 0 N–H and O–H groups in total. The van der Waals surface area contributed by atoms with Gasteiger partial charge in [0.05, 0.1) is 13.7 Å². The first kappa shape index (κ1) is 12.4. The Hall–Kier alpha value is -1.62. The van der Waals surface area contributed by atoms with Gasteiger partial charge in [-0.2, -0.15) is 0 Å². The van der Waals surface area contributed by atoms with E-state index in [0.29, 0.717) is 6.61 Å². The molecule has 0 bridgehead atoms. The van der Waals surface area contributed by atoms with E-state index in [1.54, 1.807) is 7.11 Å². The predicted molar refractivity (Wildman–Crippen MR) is 65.9 cm³/mol. The van der Waals surface area contributed by atoms with Crippen LogP contribution in [-0.4, -0.2) is 13.7 Å². The van der Waals surface area contributed by atoms with Crippen LogP contribution in [0.5, 0.6) is 11.5 Å². The number of ether oxygens (including phenoxy) is 2. The van der Waals surface area contributed by atoms with Crippen molar-refractivity contribution in [2.75, 3.05) is 13.7 Å². The molecule has 0 aliphatic heterocycles. The molecule has 0 aliphatic rings. The van der Waals surface area contributed by atoms with Crippen LogP contribution in [0.3, 0.4) is 0 Å². The van der Waals surface area contributed by atoms with Crippen LogP contribution >= 0.6 is 0 Å². The van der Waals surface area contributed by atoms with Gasteiger partial charge in [0.15, 0.2) is 11.5 Å². The molecule has 1 unspecified atom stereocenters. The zero-order valence-electron chi connectivity index (χ0n) is 10.1. The van der Waals surface area contributed by atoms with Gasteiger partial charge in [-0.05, 0) is 31.0 Å². The highest BCUT2D eigenvalue weighted by Crippen LogP contribution is 2.28. The summed E-state index contributed by atoms with van der Waals surface area (Å²) >= 11 is 0. The smallest absolute Gasteiger partial charge is 0.161 e. The lowest BCUT2D eigenvalue weighted by molar-refractivity contribution is 0.310. The topological polar surface area (TPSA) is 18.5 Å². The minimum absolute atomic E-state index is 0.239. The summed E-state index contributed by atoms with van der Waals surface area (Å²) < 4.78 is 10.7. The summed E-state index contributed by atoms with van der Waals surface area (Å²) in [4.78, 5) is 0. The minimum Gasteiger partial charge on any atom is -0.493 e. The molecular formula is C14H18O2. The number of hydrogen-bond donors (Lipinski definition) is 0. The molecule has 0 aliphatic carbocycles. The molecule has 1 aromatic rings. The number of hydrogen-bond acceptors (Lipinski definition) is 2. The van der Waals surface area contributed by atoms with Crippen LogP contribution in [0.25, 0.3) is 0 Å². The molecule has 0 heterocycles. The van der Waals surface area contributed by atoms with Gasteiger partial charge in [0.25, 0.3) is 0 Å². The van der Waals surface area contributed by atoms with Crippen LogP contribution in [-0.2, 0) is 6.42 Å². The van der Waals surface area contributed by atoms with Crippen LogP contribution in [0.1, 0.15) is 19.4 Å². The van der Waals surface area contributed by atoms with E-state index in [1.807, 2.05) is 32.0 Å². The van der Waals surface area contributed by atoms with Crippen molar-refractivity contribution >= 4 is 0 Å². The lowest BCUT2D eigenvalue weighted by atomic mass is 10.0. The Labute approximate surface area is 97.6 Å². The third-order valence-electron chi connectivity index (χ3n) is 2.35. The molecule has 16 heavy (non-hydrogen) atoms. The number of benzene rings is 1. The molecular weight excluding hydrogens is 200 g/mol. The molecule has 0 fully saturated rings. The Morgan fingerprint density at radius 3 is 2.69 bits per heavy atom. The van der Waals surface area contributed by atoms with Gasteiger partial charge in [-0.25, -0.2) is 0 Å². The summed E-state index contributed by atoms with van der Waals surface area (Å²) in [6, 6.07) is 5.95. The third kappa shape index (κ3) is 3.20. The lowest BCUT2D eigenvalue weighted by Crippen LogP contribution is -1.99. The van der Waals surface area contributed by atoms with Crippen molar-refractivity contribution in [2.45, 2.75) is 20.3 Å². The summed E-state index contributed by atoms with van der Waals surface area (Å²) in [5, 5.41) is 0. The lowest BCUT2D eigenvalue weighted by Gasteiger charge is -2.11. The molecule has 1 aromatic carbocycles. The van der Waals surface area contributed by atoms with E-state index >= 15 is 0 Å². The van der Waals surface area contributed by atoms with Gasteiger partial charge < -0.3 is 9.47 Å². The van der Waals surface area contributed by atoms with E-state index < -0.39 is 0 Å². The van der Waals surface area contributed by atoms with Gasteiger partial charge >= 0.3 is 0 Å². The molecule has 0 saturated carbocycles. The Morgan fingerprint density at radius 2 is 2.12 bits per heavy atom. The third-order valence-corrected chi connectivity index (χ3v) is 2.35. The minimum atomic E-state index is 0.239. The monoisotopic (exact) mass is 218 g/mol. The van der Waals surface area contributed by atoms with Crippen molar-refractivity contribution in [3.63, 3.8) is 0 Å². The fourth-order valence-corrected chi connectivity index (χ4v) is 1.53. The molecule has 0 amide bonds. The van der Waals surface area contributed by atoms with Crippen LogP contribution in [0.15, 0.2) is 18.2 Å². The Balaban J connectivity index is 2.87. The molecule has 0 radical (unpaired) electrons. The first-order chi connectivity index (χ1) is 7.71. The van der Waals surface area contributed by atoms with E-state index in [9.17, 15) is 0 Å². The zero-order chi connectivity index (χ0) is 12.0. The van der Waals surface area contributed by atoms with Gasteiger partial charge in [-0.1, -0.05) is 13.0 Å². The zero-order valence-corrected chi connectivity index (χ0v) is 10.1. The second kappa shape index (κ2) is 6.07. The van der Waals surface area contributed by atoms with Gasteiger partial charge in [-0.3, -0.25) is 0 Å². The maximum Gasteiger partial charge on any atom is 0.161 e. The van der Waals surface area contributed by atoms with Crippen LogP contribution in [0.4, 0.5) is 0 Å². The Bertz CT molecular complexity index is 377. The molecule has 2 heteroatoms. The highest BCUT2D eigenvalue weighted by molar-refractivity contribution is 5.43. The SMILES string of the molecule is C#CC(C)Cc1ccc(OCC)c(OC)c1. The van der Waals surface area contributed by atoms with Crippen molar-refractivity contribution in [2.24, 2.45) is 5.92 Å². The fraction of sp³-hybridized carbons (Fsp3) is 0.429. The summed E-state index contributed by atoms with van der Waals surface area (Å²) in [6.07, 6.45) is 6.22. The average Bonchev–Trinajstić information content (AvgIpc) is 2.31. The maximum absolute atomic E-state index is 5.45. The van der Waals surface area contributed by atoms with Crippen molar-refractivity contribution in [1.82, 2.24) is 0 Å². The average molecular weight is 218 g/mol. The van der Waals surface area contributed by atoms with Gasteiger partial charge in [-0.15, -0.1) is 12.3 Å². The normalized spacial score (nSPS) is 11.6. The Kier molecular flexibility index (Phi) is 4.72. The summed E-state index contributed by atoms with van der Waals surface area (Å²) in [5.74, 6) is 4.50. The van der Waals surface area contributed by atoms with E-state index in [4.69, 9.17) is 15.9 Å². The second-order valence-electron chi connectivity index (χ2n) is 3.69. The summed E-state index contributed by atoms with van der Waals surface area (Å²) in [6.45, 7) is 4.62. The van der Waals surface area contributed by atoms with E-state index in [1.165, 1.54) is 5.56 Å². The molecule has 1 rings (SSSR count). The number of methoxy groups -OCH3 is 1. The van der Waals surface area contributed by atoms with Crippen molar-refractivity contribution in [3.8, 4) is 23.8 Å². The van der Waals surface area contributed by atoms with Crippen LogP contribution < -0.4 is 9.47 Å². The molecule has 0 aromatic heterocycles.